The van der Waals surface area contributed by atoms with Crippen molar-refractivity contribution in [2.75, 3.05) is 26.7 Å². The molecule has 1 aliphatic heterocycles. The Balaban J connectivity index is 1.46. The first kappa shape index (κ1) is 20.3. The average Bonchev–Trinajstić information content (AvgIpc) is 3.43. The molecule has 1 fully saturated rings. The van der Waals surface area contributed by atoms with Crippen molar-refractivity contribution in [3.8, 4) is 16.9 Å². The van der Waals surface area contributed by atoms with Crippen molar-refractivity contribution < 1.29 is 14.4 Å². The molecule has 0 spiro atoms. The molecule has 2 heterocycles. The number of para-hydroxylation sites is 1. The number of aromatic nitrogens is 2. The number of benzene rings is 2. The van der Waals surface area contributed by atoms with Gasteiger partial charge in [-0.05, 0) is 25.0 Å². The topological polar surface area (TPSA) is 60.6 Å². The van der Waals surface area contributed by atoms with E-state index >= 15 is 0 Å². The van der Waals surface area contributed by atoms with Gasteiger partial charge in [0.15, 0.2) is 6.54 Å². The molecule has 2 N–H and O–H groups in total. The fourth-order valence-corrected chi connectivity index (χ4v) is 3.85. The van der Waals surface area contributed by atoms with Gasteiger partial charge in [0.05, 0.1) is 24.4 Å². The third kappa shape index (κ3) is 5.14. The van der Waals surface area contributed by atoms with Gasteiger partial charge in [-0.2, -0.15) is 5.10 Å². The van der Waals surface area contributed by atoms with Crippen LogP contribution in [0.2, 0.25) is 0 Å². The van der Waals surface area contributed by atoms with E-state index in [0.29, 0.717) is 19.6 Å². The van der Waals surface area contributed by atoms with Gasteiger partial charge in [0, 0.05) is 24.9 Å². The van der Waals surface area contributed by atoms with Crippen molar-refractivity contribution in [1.82, 2.24) is 15.1 Å². The fourth-order valence-electron chi connectivity index (χ4n) is 3.85. The molecule has 30 heavy (non-hydrogen) atoms. The van der Waals surface area contributed by atoms with Gasteiger partial charge >= 0.3 is 0 Å². The summed E-state index contributed by atoms with van der Waals surface area (Å²) in [6, 6.07) is 20.3. The van der Waals surface area contributed by atoms with Crippen molar-refractivity contribution in [3.05, 3.63) is 72.4 Å². The summed E-state index contributed by atoms with van der Waals surface area (Å²) in [5, 5.41) is 7.87. The molecule has 1 aromatic heterocycles. The zero-order chi connectivity index (χ0) is 20.8. The molecule has 0 radical (unpaired) electrons. The number of ether oxygens (including phenoxy) is 1. The molecule has 2 atom stereocenters. The highest BCUT2D eigenvalue weighted by molar-refractivity contribution is 5.76. The molecule has 0 bridgehead atoms. The van der Waals surface area contributed by atoms with Crippen molar-refractivity contribution in [2.45, 2.75) is 25.5 Å². The summed E-state index contributed by atoms with van der Waals surface area (Å²) in [5.41, 5.74) is 4.18. The Morgan fingerprint density at radius 1 is 1.17 bits per heavy atom. The van der Waals surface area contributed by atoms with Crippen LogP contribution in [-0.4, -0.2) is 48.5 Å². The monoisotopic (exact) mass is 405 g/mol. The molecule has 156 valence electrons. The summed E-state index contributed by atoms with van der Waals surface area (Å²) >= 11 is 0. The number of likely N-dealkylation sites (N-methyl/N-ethyl adjacent to an activating group) is 1. The lowest BCUT2D eigenvalue weighted by atomic mass is 10.1. The van der Waals surface area contributed by atoms with E-state index < -0.39 is 0 Å². The Labute approximate surface area is 177 Å². The summed E-state index contributed by atoms with van der Waals surface area (Å²) in [6.07, 6.45) is 4.36. The van der Waals surface area contributed by atoms with Crippen LogP contribution >= 0.6 is 0 Å². The summed E-state index contributed by atoms with van der Waals surface area (Å²) in [6.45, 7) is 2.54. The number of nitrogens with one attached hydrogen (secondary N) is 2. The van der Waals surface area contributed by atoms with Crippen LogP contribution in [-0.2, 0) is 16.1 Å². The Morgan fingerprint density at radius 2 is 1.90 bits per heavy atom. The van der Waals surface area contributed by atoms with E-state index in [-0.39, 0.29) is 12.0 Å². The maximum Gasteiger partial charge on any atom is 0.275 e. The Hall–Kier alpha value is -2.96. The minimum Gasteiger partial charge on any atom is -0.376 e. The maximum atomic E-state index is 12.4. The van der Waals surface area contributed by atoms with E-state index in [1.807, 2.05) is 60.3 Å². The maximum absolute atomic E-state index is 12.4. The fraction of sp³-hybridized carbons (Fsp3) is 0.333. The molecule has 1 saturated heterocycles. The molecule has 1 unspecified atom stereocenters. The number of nitrogens with zero attached hydrogens (tertiary/aromatic N) is 2. The molecule has 0 aliphatic carbocycles. The van der Waals surface area contributed by atoms with Crippen LogP contribution in [0.3, 0.4) is 0 Å². The van der Waals surface area contributed by atoms with Crippen LogP contribution in [0.5, 0.6) is 0 Å². The number of amides is 1. The second-order valence-corrected chi connectivity index (χ2v) is 7.90. The van der Waals surface area contributed by atoms with E-state index in [9.17, 15) is 4.79 Å². The van der Waals surface area contributed by atoms with Crippen LogP contribution in [0, 0.1) is 0 Å². The Bertz CT molecular complexity index is 950. The van der Waals surface area contributed by atoms with E-state index in [1.165, 1.54) is 0 Å². The van der Waals surface area contributed by atoms with Gasteiger partial charge < -0.3 is 15.0 Å². The molecule has 2 aromatic carbocycles. The molecule has 4 rings (SSSR count). The lowest BCUT2D eigenvalue weighted by molar-refractivity contribution is -0.885. The summed E-state index contributed by atoms with van der Waals surface area (Å²) in [4.78, 5) is 13.5. The third-order valence-electron chi connectivity index (χ3n) is 5.36. The van der Waals surface area contributed by atoms with Crippen LogP contribution in [0.4, 0.5) is 0 Å². The zero-order valence-corrected chi connectivity index (χ0v) is 17.4. The van der Waals surface area contributed by atoms with E-state index in [1.54, 1.807) is 0 Å². The van der Waals surface area contributed by atoms with Gasteiger partial charge in [0.1, 0.15) is 12.2 Å². The van der Waals surface area contributed by atoms with E-state index in [4.69, 9.17) is 9.84 Å². The second kappa shape index (κ2) is 9.69. The first-order valence-corrected chi connectivity index (χ1v) is 10.6. The van der Waals surface area contributed by atoms with Gasteiger partial charge in [0.25, 0.3) is 5.91 Å². The van der Waals surface area contributed by atoms with Crippen LogP contribution in [0.25, 0.3) is 16.9 Å². The lowest BCUT2D eigenvalue weighted by Gasteiger charge is -2.15. The number of quaternary nitrogens is 1. The number of hydrogen-bond donors (Lipinski definition) is 2. The Kier molecular flexibility index (Phi) is 6.57. The zero-order valence-electron chi connectivity index (χ0n) is 17.4. The first-order chi connectivity index (χ1) is 14.7. The highest BCUT2D eigenvalue weighted by Gasteiger charge is 2.20. The Morgan fingerprint density at radius 3 is 2.60 bits per heavy atom. The van der Waals surface area contributed by atoms with Crippen molar-refractivity contribution in [2.24, 2.45) is 0 Å². The van der Waals surface area contributed by atoms with Gasteiger partial charge in [0.2, 0.25) is 0 Å². The molecule has 6 heteroatoms. The molecular formula is C24H29N4O2+. The summed E-state index contributed by atoms with van der Waals surface area (Å²) in [5.74, 6) is 0.0553. The SMILES string of the molecule is C[NH+](CC(=O)NC[C@@H]1CCCO1)Cc1cn(-c2ccccc2)nc1-c1ccccc1. The third-order valence-corrected chi connectivity index (χ3v) is 5.36. The van der Waals surface area contributed by atoms with Gasteiger partial charge in [-0.1, -0.05) is 48.5 Å². The highest BCUT2D eigenvalue weighted by atomic mass is 16.5. The molecule has 1 amide bonds. The largest absolute Gasteiger partial charge is 0.376 e. The number of rotatable bonds is 8. The van der Waals surface area contributed by atoms with Gasteiger partial charge in [-0.15, -0.1) is 0 Å². The van der Waals surface area contributed by atoms with Crippen molar-refractivity contribution in [1.29, 1.82) is 0 Å². The standard InChI is InChI=1S/C24H28N4O2/c1-27(18-23(29)25-15-22-13-8-14-30-22)16-20-17-28(21-11-6-3-7-12-21)26-24(20)19-9-4-2-5-10-19/h2-7,9-12,17,22H,8,13-16,18H2,1H3,(H,25,29)/p+1/t22-/m0/s1. The minimum atomic E-state index is 0.0553. The van der Waals surface area contributed by atoms with E-state index in [0.717, 1.165) is 46.9 Å². The number of hydrogen-bond acceptors (Lipinski definition) is 3. The molecular weight excluding hydrogens is 376 g/mol. The lowest BCUT2D eigenvalue weighted by Crippen LogP contribution is -3.08. The van der Waals surface area contributed by atoms with Gasteiger partial charge in [-0.3, -0.25) is 4.79 Å². The predicted molar refractivity (Wildman–Crippen MR) is 116 cm³/mol. The quantitative estimate of drug-likeness (QED) is 0.601. The van der Waals surface area contributed by atoms with Gasteiger partial charge in [-0.25, -0.2) is 4.68 Å². The smallest absolute Gasteiger partial charge is 0.275 e. The first-order valence-electron chi connectivity index (χ1n) is 10.6. The predicted octanol–water partition coefficient (Wildman–Crippen LogP) is 1.85. The molecule has 0 saturated carbocycles. The second-order valence-electron chi connectivity index (χ2n) is 7.90. The average molecular weight is 406 g/mol. The molecule has 1 aliphatic rings. The summed E-state index contributed by atoms with van der Waals surface area (Å²) in [7, 11) is 2.04. The number of carbonyl (C=O) groups excluding carboxylic acids is 1. The molecule has 3 aromatic rings. The highest BCUT2D eigenvalue weighted by Crippen LogP contribution is 2.23. The molecule has 6 nitrogen and oxygen atoms in total. The summed E-state index contributed by atoms with van der Waals surface area (Å²) < 4.78 is 7.50. The van der Waals surface area contributed by atoms with Crippen molar-refractivity contribution in [3.63, 3.8) is 0 Å². The van der Waals surface area contributed by atoms with E-state index in [2.05, 4.69) is 23.6 Å². The van der Waals surface area contributed by atoms with Crippen LogP contribution in [0.1, 0.15) is 18.4 Å². The van der Waals surface area contributed by atoms with Crippen LogP contribution in [0.15, 0.2) is 66.9 Å². The normalized spacial score (nSPS) is 17.0. The van der Waals surface area contributed by atoms with Crippen LogP contribution < -0.4 is 10.2 Å². The number of carbonyl (C=O) groups is 1. The minimum absolute atomic E-state index is 0.0553. The van der Waals surface area contributed by atoms with Crippen molar-refractivity contribution >= 4 is 5.91 Å².